The van der Waals surface area contributed by atoms with Crippen LogP contribution in [0.25, 0.3) is 21.5 Å². The molecule has 0 aliphatic carbocycles. The first kappa shape index (κ1) is 18.2. The average molecular weight is 370 g/mol. The Bertz CT molecular complexity index is 1210. The summed E-state index contributed by atoms with van der Waals surface area (Å²) in [6.45, 7) is 2.21. The van der Waals surface area contributed by atoms with Crippen molar-refractivity contribution in [3.8, 4) is 11.8 Å². The van der Waals surface area contributed by atoms with Gasteiger partial charge in [0.25, 0.3) is 0 Å². The van der Waals surface area contributed by atoms with E-state index >= 15 is 0 Å². The first-order chi connectivity index (χ1) is 13.6. The van der Waals surface area contributed by atoms with Crippen molar-refractivity contribution in [2.45, 2.75) is 26.2 Å². The standard InChI is InChI=1S/C26H20F2/c1-2-3-4-18-7-11-25-21(13-18)9-10-22-14-19(8-12-26(22)25)5-6-20-15-23(27)17-24(28)16-20/h7-17H,2-4H2,1H3. The van der Waals surface area contributed by atoms with Gasteiger partial charge in [-0.15, -0.1) is 0 Å². The molecule has 138 valence electrons. The van der Waals surface area contributed by atoms with Crippen molar-refractivity contribution in [2.24, 2.45) is 0 Å². The van der Waals surface area contributed by atoms with E-state index in [4.69, 9.17) is 0 Å². The third-order valence-corrected chi connectivity index (χ3v) is 4.93. The Kier molecular flexibility index (Phi) is 5.08. The van der Waals surface area contributed by atoms with Crippen LogP contribution in [-0.4, -0.2) is 0 Å². The van der Waals surface area contributed by atoms with Crippen molar-refractivity contribution in [1.29, 1.82) is 0 Å². The molecular formula is C26H20F2. The molecule has 0 aliphatic heterocycles. The molecule has 0 N–H and O–H groups in total. The fraction of sp³-hybridized carbons (Fsp3) is 0.154. The highest BCUT2D eigenvalue weighted by Gasteiger charge is 2.03. The van der Waals surface area contributed by atoms with Gasteiger partial charge in [-0.2, -0.15) is 0 Å². The Morgan fingerprint density at radius 1 is 0.679 bits per heavy atom. The van der Waals surface area contributed by atoms with Gasteiger partial charge in [0.15, 0.2) is 0 Å². The molecule has 0 unspecified atom stereocenters. The number of unbranched alkanes of at least 4 members (excludes halogenated alkanes) is 1. The van der Waals surface area contributed by atoms with E-state index in [1.165, 1.54) is 46.7 Å². The van der Waals surface area contributed by atoms with Crippen molar-refractivity contribution >= 4 is 21.5 Å². The molecule has 4 aromatic carbocycles. The molecule has 0 heterocycles. The van der Waals surface area contributed by atoms with Gasteiger partial charge in [-0.05, 0) is 64.2 Å². The minimum atomic E-state index is -0.618. The van der Waals surface area contributed by atoms with Gasteiger partial charge in [-0.25, -0.2) is 8.78 Å². The predicted octanol–water partition coefficient (Wildman–Crippen LogP) is 7.01. The highest BCUT2D eigenvalue weighted by Crippen LogP contribution is 2.27. The molecule has 2 heteroatoms. The van der Waals surface area contributed by atoms with Crippen molar-refractivity contribution < 1.29 is 8.78 Å². The lowest BCUT2D eigenvalue weighted by molar-refractivity contribution is 0.582. The summed E-state index contributed by atoms with van der Waals surface area (Å²) in [6.07, 6.45) is 3.51. The van der Waals surface area contributed by atoms with Gasteiger partial charge in [0.2, 0.25) is 0 Å². The molecule has 0 aromatic heterocycles. The second-order valence-electron chi connectivity index (χ2n) is 7.07. The third-order valence-electron chi connectivity index (χ3n) is 4.93. The molecule has 4 rings (SSSR count). The van der Waals surface area contributed by atoms with Gasteiger partial charge in [-0.3, -0.25) is 0 Å². The topological polar surface area (TPSA) is 0 Å². The molecule has 0 nitrogen and oxygen atoms in total. The largest absolute Gasteiger partial charge is 0.207 e. The predicted molar refractivity (Wildman–Crippen MR) is 112 cm³/mol. The maximum Gasteiger partial charge on any atom is 0.127 e. The summed E-state index contributed by atoms with van der Waals surface area (Å²) in [6, 6.07) is 20.3. The summed E-state index contributed by atoms with van der Waals surface area (Å²) in [4.78, 5) is 0. The number of hydrogen-bond donors (Lipinski definition) is 0. The summed E-state index contributed by atoms with van der Waals surface area (Å²) >= 11 is 0. The fourth-order valence-electron chi connectivity index (χ4n) is 3.51. The van der Waals surface area contributed by atoms with Crippen LogP contribution in [0.2, 0.25) is 0 Å². The monoisotopic (exact) mass is 370 g/mol. The molecule has 0 amide bonds. The van der Waals surface area contributed by atoms with Crippen LogP contribution < -0.4 is 0 Å². The first-order valence-corrected chi connectivity index (χ1v) is 9.56. The number of fused-ring (bicyclic) bond motifs is 3. The molecule has 0 spiro atoms. The Morgan fingerprint density at radius 3 is 2.04 bits per heavy atom. The maximum absolute atomic E-state index is 13.3. The summed E-state index contributed by atoms with van der Waals surface area (Å²) in [7, 11) is 0. The SMILES string of the molecule is CCCCc1ccc2c(ccc3cc(C#Cc4cc(F)cc(F)c4)ccc32)c1. The van der Waals surface area contributed by atoms with Gasteiger partial charge < -0.3 is 0 Å². The summed E-state index contributed by atoms with van der Waals surface area (Å²) in [5.41, 5.74) is 2.52. The zero-order valence-electron chi connectivity index (χ0n) is 15.7. The lowest BCUT2D eigenvalue weighted by Gasteiger charge is -2.07. The molecule has 0 saturated heterocycles. The van der Waals surface area contributed by atoms with E-state index < -0.39 is 11.6 Å². The van der Waals surface area contributed by atoms with Gasteiger partial charge in [0.05, 0.1) is 0 Å². The summed E-state index contributed by atoms with van der Waals surface area (Å²) in [5.74, 6) is 4.61. The van der Waals surface area contributed by atoms with Crippen LogP contribution in [0.15, 0.2) is 66.7 Å². The Labute approximate surface area is 163 Å². The number of hydrogen-bond acceptors (Lipinski definition) is 0. The zero-order chi connectivity index (χ0) is 19.5. The van der Waals surface area contributed by atoms with Gasteiger partial charge in [0.1, 0.15) is 11.6 Å². The van der Waals surface area contributed by atoms with E-state index in [0.717, 1.165) is 23.4 Å². The van der Waals surface area contributed by atoms with Crippen LogP contribution in [0.4, 0.5) is 8.78 Å². The number of aryl methyl sites for hydroxylation is 1. The van der Waals surface area contributed by atoms with Crippen LogP contribution in [0.1, 0.15) is 36.5 Å². The Hall–Kier alpha value is -3.18. The summed E-state index contributed by atoms with van der Waals surface area (Å²) in [5, 5.41) is 4.76. The molecule has 4 aromatic rings. The number of rotatable bonds is 3. The molecule has 28 heavy (non-hydrogen) atoms. The molecular weight excluding hydrogens is 350 g/mol. The van der Waals surface area contributed by atoms with Gasteiger partial charge in [-0.1, -0.05) is 61.6 Å². The van der Waals surface area contributed by atoms with E-state index in [-0.39, 0.29) is 0 Å². The minimum absolute atomic E-state index is 0.329. The van der Waals surface area contributed by atoms with Crippen molar-refractivity contribution in [2.75, 3.05) is 0 Å². The molecule has 0 atom stereocenters. The quantitative estimate of drug-likeness (QED) is 0.269. The molecule has 0 aliphatic rings. The van der Waals surface area contributed by atoms with Gasteiger partial charge in [0, 0.05) is 17.2 Å². The first-order valence-electron chi connectivity index (χ1n) is 9.56. The normalized spacial score (nSPS) is 10.8. The van der Waals surface area contributed by atoms with E-state index in [1.807, 2.05) is 12.1 Å². The maximum atomic E-state index is 13.3. The summed E-state index contributed by atoms with van der Waals surface area (Å²) < 4.78 is 26.6. The smallest absolute Gasteiger partial charge is 0.127 e. The average Bonchev–Trinajstić information content (AvgIpc) is 2.69. The number of benzene rings is 4. The Morgan fingerprint density at radius 2 is 1.32 bits per heavy atom. The van der Waals surface area contributed by atoms with Crippen molar-refractivity contribution in [3.05, 3.63) is 95.1 Å². The van der Waals surface area contributed by atoms with Crippen LogP contribution in [0.3, 0.4) is 0 Å². The van der Waals surface area contributed by atoms with E-state index in [2.05, 4.69) is 55.2 Å². The van der Waals surface area contributed by atoms with Crippen LogP contribution >= 0.6 is 0 Å². The zero-order valence-corrected chi connectivity index (χ0v) is 15.7. The lowest BCUT2D eigenvalue weighted by Crippen LogP contribution is -1.86. The van der Waals surface area contributed by atoms with Crippen molar-refractivity contribution in [3.63, 3.8) is 0 Å². The Balaban J connectivity index is 1.70. The number of halogens is 2. The molecule has 0 saturated carbocycles. The highest BCUT2D eigenvalue weighted by molar-refractivity contribution is 6.07. The van der Waals surface area contributed by atoms with E-state index in [9.17, 15) is 8.78 Å². The molecule has 0 bridgehead atoms. The van der Waals surface area contributed by atoms with Crippen LogP contribution in [0, 0.1) is 23.5 Å². The van der Waals surface area contributed by atoms with E-state index in [0.29, 0.717) is 5.56 Å². The molecule has 0 fully saturated rings. The fourth-order valence-corrected chi connectivity index (χ4v) is 3.51. The van der Waals surface area contributed by atoms with Gasteiger partial charge >= 0.3 is 0 Å². The van der Waals surface area contributed by atoms with Crippen LogP contribution in [0.5, 0.6) is 0 Å². The van der Waals surface area contributed by atoms with Crippen LogP contribution in [-0.2, 0) is 6.42 Å². The van der Waals surface area contributed by atoms with Crippen molar-refractivity contribution in [1.82, 2.24) is 0 Å². The minimum Gasteiger partial charge on any atom is -0.207 e. The highest BCUT2D eigenvalue weighted by atomic mass is 19.1. The van der Waals surface area contributed by atoms with E-state index in [1.54, 1.807) is 0 Å². The second kappa shape index (κ2) is 7.82. The second-order valence-corrected chi connectivity index (χ2v) is 7.07. The lowest BCUT2D eigenvalue weighted by atomic mass is 9.97. The third kappa shape index (κ3) is 3.89. The molecule has 0 radical (unpaired) electrons.